The van der Waals surface area contributed by atoms with Gasteiger partial charge >= 0.3 is 0 Å². The van der Waals surface area contributed by atoms with Crippen LogP contribution in [-0.2, 0) is 0 Å². The summed E-state index contributed by atoms with van der Waals surface area (Å²) in [6.07, 6.45) is 60.0. The number of hydrogen-bond donors (Lipinski definition) is 2. The van der Waals surface area contributed by atoms with Crippen molar-refractivity contribution >= 4 is 74.2 Å². The molecule has 0 saturated heterocycles. The molecule has 6 aromatic rings. The summed E-state index contributed by atoms with van der Waals surface area (Å²) in [6.45, 7) is 15.1. The molecule has 0 radical (unpaired) electrons. The molecule has 0 amide bonds. The predicted molar refractivity (Wildman–Crippen MR) is 309 cm³/mol. The summed E-state index contributed by atoms with van der Waals surface area (Å²) in [5.41, 5.74) is 20.3. The SMILES string of the molecule is C/C=C/C=C\C=C/C=C(\N)c1ccccc1.C/C=C/C=C\C=C/C=C/C=C/C=C\C=C/N.C=N\C=C/C=C(\C=C\C)c1ccc2oc3cc4oc5ccc(C(/C=C\C=C\C)=C/N=C)cc5c4cc3c2c1. The van der Waals surface area contributed by atoms with Crippen LogP contribution in [0.25, 0.3) is 60.7 Å². The van der Waals surface area contributed by atoms with E-state index in [9.17, 15) is 0 Å². The average Bonchev–Trinajstić information content (AvgIpc) is 3.93. The Kier molecular flexibility index (Phi) is 24.4. The lowest BCUT2D eigenvalue weighted by molar-refractivity contribution is 0.656. The van der Waals surface area contributed by atoms with Crippen LogP contribution in [0.2, 0.25) is 0 Å². The lowest BCUT2D eigenvalue weighted by atomic mass is 10.0. The van der Waals surface area contributed by atoms with Crippen molar-refractivity contribution in [2.24, 2.45) is 21.5 Å². The van der Waals surface area contributed by atoms with Crippen molar-refractivity contribution in [1.29, 1.82) is 0 Å². The normalized spacial score (nSPS) is 13.7. The van der Waals surface area contributed by atoms with Crippen LogP contribution in [0.15, 0.2) is 286 Å². The Hall–Kier alpha value is -9.00. The molecule has 4 N–H and O–H groups in total. The predicted octanol–water partition coefficient (Wildman–Crippen LogP) is 17.3. The van der Waals surface area contributed by atoms with E-state index in [-0.39, 0.29) is 0 Å². The Labute approximate surface area is 414 Å². The summed E-state index contributed by atoms with van der Waals surface area (Å²) in [4.78, 5) is 7.80. The van der Waals surface area contributed by atoms with E-state index in [1.54, 1.807) is 18.5 Å². The molecule has 0 aliphatic carbocycles. The highest BCUT2D eigenvalue weighted by atomic mass is 16.3. The first kappa shape index (κ1) is 53.6. The van der Waals surface area contributed by atoms with Crippen LogP contribution < -0.4 is 11.5 Å². The zero-order chi connectivity index (χ0) is 50.0. The first-order chi connectivity index (χ1) is 34.4. The molecule has 0 unspecified atom stereocenters. The van der Waals surface area contributed by atoms with E-state index < -0.39 is 0 Å². The van der Waals surface area contributed by atoms with Gasteiger partial charge in [0.05, 0.1) is 0 Å². The number of fused-ring (bicyclic) bond motifs is 6. The fourth-order valence-corrected chi connectivity index (χ4v) is 6.63. The van der Waals surface area contributed by atoms with Crippen molar-refractivity contribution < 1.29 is 8.83 Å². The van der Waals surface area contributed by atoms with Gasteiger partial charge in [0.15, 0.2) is 0 Å². The minimum Gasteiger partial charge on any atom is -0.456 e. The standard InChI is InChI=1S/C34H28N2O2.C15H17N.C15H19N/c1-5-7-8-11-26(22-36-4)25-14-16-32-28(19-25)30-20-29-27-18-24(23(10-6-2)12-9-17-35-3)13-15-31(27)37-33(29)21-34(30)38-32;1-2-3-4-5-6-10-13-15(16)14-11-8-7-9-12-14;1-2-3-4-5-6-7-8-9-10-11-12-13-14-15-16/h5-22H,3-4H2,1-2H3;2-13H,16H2,1H3;2-15H,16H2,1H3/b7-5+,10-6+,11-8-,17-9-,23-12+,26-22+;3-2+,5-4-,10-6-,15-13-;3-2+,5-4-,7-6-,9-8+,11-10+,13-12-,15-14-. The molecular formula is C64H64N4O2. The number of rotatable bonds is 18. The molecule has 2 aromatic heterocycles. The average molecular weight is 921 g/mol. The van der Waals surface area contributed by atoms with Gasteiger partial charge in [-0.3, -0.25) is 9.98 Å². The maximum absolute atomic E-state index is 6.22. The van der Waals surface area contributed by atoms with Crippen molar-refractivity contribution in [2.45, 2.75) is 27.7 Å². The Bertz CT molecular complexity index is 3140. The highest BCUT2D eigenvalue weighted by Crippen LogP contribution is 2.38. The van der Waals surface area contributed by atoms with Gasteiger partial charge in [0.2, 0.25) is 0 Å². The lowest BCUT2D eigenvalue weighted by Crippen LogP contribution is -1.94. The van der Waals surface area contributed by atoms with Crippen LogP contribution in [0.3, 0.4) is 0 Å². The molecule has 4 aromatic carbocycles. The van der Waals surface area contributed by atoms with E-state index in [4.69, 9.17) is 20.3 Å². The van der Waals surface area contributed by atoms with Crippen molar-refractivity contribution in [2.75, 3.05) is 0 Å². The zero-order valence-electron chi connectivity index (χ0n) is 40.7. The second-order valence-electron chi connectivity index (χ2n) is 14.9. The van der Waals surface area contributed by atoms with Gasteiger partial charge in [-0.15, -0.1) is 0 Å². The molecule has 0 fully saturated rings. The van der Waals surface area contributed by atoms with Gasteiger partial charge in [-0.25, -0.2) is 0 Å². The van der Waals surface area contributed by atoms with Gasteiger partial charge in [0.1, 0.15) is 22.3 Å². The number of furan rings is 2. The third-order valence-electron chi connectivity index (χ3n) is 9.90. The summed E-state index contributed by atoms with van der Waals surface area (Å²) in [5, 5.41) is 4.17. The fraction of sp³-hybridized carbons (Fsp3) is 0.0625. The van der Waals surface area contributed by atoms with E-state index in [1.165, 1.54) is 6.20 Å². The van der Waals surface area contributed by atoms with Gasteiger partial charge in [0, 0.05) is 45.7 Å². The van der Waals surface area contributed by atoms with Crippen LogP contribution in [0.5, 0.6) is 0 Å². The van der Waals surface area contributed by atoms with E-state index in [2.05, 4.69) is 53.8 Å². The molecule has 0 spiro atoms. The van der Waals surface area contributed by atoms with Crippen LogP contribution in [0, 0.1) is 0 Å². The quantitative estimate of drug-likeness (QED) is 0.0662. The topological polar surface area (TPSA) is 103 Å². The van der Waals surface area contributed by atoms with Crippen LogP contribution in [0.1, 0.15) is 44.4 Å². The first-order valence-corrected chi connectivity index (χ1v) is 23.0. The molecule has 352 valence electrons. The molecule has 0 bridgehead atoms. The fourth-order valence-electron chi connectivity index (χ4n) is 6.63. The van der Waals surface area contributed by atoms with E-state index in [1.807, 2.05) is 240 Å². The number of benzene rings is 4. The molecule has 6 rings (SSSR count). The van der Waals surface area contributed by atoms with Gasteiger partial charge in [-0.1, -0.05) is 194 Å². The minimum absolute atomic E-state index is 0.774. The summed E-state index contributed by atoms with van der Waals surface area (Å²) in [7, 11) is 0. The van der Waals surface area contributed by atoms with Gasteiger partial charge in [-0.2, -0.15) is 0 Å². The third kappa shape index (κ3) is 17.7. The molecule has 70 heavy (non-hydrogen) atoms. The van der Waals surface area contributed by atoms with E-state index in [0.29, 0.717) is 0 Å². The molecule has 0 saturated carbocycles. The van der Waals surface area contributed by atoms with Crippen molar-refractivity contribution in [3.8, 4) is 0 Å². The van der Waals surface area contributed by atoms with Crippen LogP contribution in [-0.4, -0.2) is 13.4 Å². The van der Waals surface area contributed by atoms with Crippen LogP contribution >= 0.6 is 0 Å². The molecule has 6 heteroatoms. The number of nitrogens with two attached hydrogens (primary N) is 2. The van der Waals surface area contributed by atoms with Crippen molar-refractivity contribution in [1.82, 2.24) is 0 Å². The number of allylic oxidation sites excluding steroid dienone is 30. The van der Waals surface area contributed by atoms with Gasteiger partial charge in [0.25, 0.3) is 0 Å². The monoisotopic (exact) mass is 921 g/mol. The van der Waals surface area contributed by atoms with Gasteiger partial charge in [-0.05, 0) is 124 Å². The number of aliphatic imine (C=N–C) groups is 2. The molecule has 0 aliphatic heterocycles. The summed E-state index contributed by atoms with van der Waals surface area (Å²) >= 11 is 0. The second kappa shape index (κ2) is 31.8. The Morgan fingerprint density at radius 2 is 0.914 bits per heavy atom. The largest absolute Gasteiger partial charge is 0.456 e. The second-order valence-corrected chi connectivity index (χ2v) is 14.9. The maximum atomic E-state index is 6.22. The summed E-state index contributed by atoms with van der Waals surface area (Å²) in [6, 6.07) is 26.5. The summed E-state index contributed by atoms with van der Waals surface area (Å²) in [5.74, 6) is 0. The minimum atomic E-state index is 0.774. The molecule has 0 atom stereocenters. The Balaban J connectivity index is 0.000000275. The molecule has 6 nitrogen and oxygen atoms in total. The Morgan fingerprint density at radius 1 is 0.429 bits per heavy atom. The molecular weight excluding hydrogens is 857 g/mol. The number of hydrogen-bond acceptors (Lipinski definition) is 6. The highest BCUT2D eigenvalue weighted by Gasteiger charge is 2.15. The first-order valence-electron chi connectivity index (χ1n) is 23.0. The maximum Gasteiger partial charge on any atom is 0.139 e. The highest BCUT2D eigenvalue weighted by molar-refractivity contribution is 6.15. The van der Waals surface area contributed by atoms with E-state index in [0.717, 1.165) is 77.4 Å². The molecule has 0 aliphatic rings. The third-order valence-corrected chi connectivity index (χ3v) is 9.90. The number of nitrogens with zero attached hydrogens (tertiary/aromatic N) is 2. The van der Waals surface area contributed by atoms with E-state index >= 15 is 0 Å². The zero-order valence-corrected chi connectivity index (χ0v) is 40.7. The molecule has 2 heterocycles. The van der Waals surface area contributed by atoms with Crippen LogP contribution in [0.4, 0.5) is 0 Å². The van der Waals surface area contributed by atoms with Crippen molar-refractivity contribution in [3.63, 3.8) is 0 Å². The van der Waals surface area contributed by atoms with Crippen molar-refractivity contribution in [3.05, 3.63) is 284 Å². The summed E-state index contributed by atoms with van der Waals surface area (Å²) < 4.78 is 12.4. The Morgan fingerprint density at radius 3 is 1.41 bits per heavy atom. The van der Waals surface area contributed by atoms with Gasteiger partial charge < -0.3 is 20.3 Å². The lowest BCUT2D eigenvalue weighted by Gasteiger charge is -2.02. The smallest absolute Gasteiger partial charge is 0.139 e.